The largest absolute Gasteiger partial charge is 0.384 e. The molecular weight excluding hydrogens is 193 g/mol. The zero-order chi connectivity index (χ0) is 10.7. The van der Waals surface area contributed by atoms with Crippen molar-refractivity contribution in [2.75, 3.05) is 18.8 Å². The van der Waals surface area contributed by atoms with Crippen molar-refractivity contribution < 1.29 is 4.39 Å². The highest BCUT2D eigenvalue weighted by atomic mass is 19.1. The molecule has 82 valence electrons. The van der Waals surface area contributed by atoms with Gasteiger partial charge in [0.1, 0.15) is 12.0 Å². The molecule has 0 aliphatic carbocycles. The Balaban J connectivity index is 1.89. The van der Waals surface area contributed by atoms with Gasteiger partial charge in [0, 0.05) is 25.8 Å². The van der Waals surface area contributed by atoms with Gasteiger partial charge in [-0.05, 0) is 24.5 Å². The molecule has 3 nitrogen and oxygen atoms in total. The molecule has 4 heteroatoms. The van der Waals surface area contributed by atoms with Gasteiger partial charge in [-0.1, -0.05) is 6.07 Å². The Hall–Kier alpha value is -1.16. The Morgan fingerprint density at radius 1 is 1.40 bits per heavy atom. The van der Waals surface area contributed by atoms with E-state index in [4.69, 9.17) is 5.73 Å². The number of likely N-dealkylation sites (tertiary alicyclic amines) is 1. The number of hydrogen-bond acceptors (Lipinski definition) is 3. The molecule has 0 radical (unpaired) electrons. The molecule has 0 atom stereocenters. The lowest BCUT2D eigenvalue weighted by Crippen LogP contribution is -2.33. The number of nitrogen functional groups attached to an aromatic ring is 1. The van der Waals surface area contributed by atoms with Crippen LogP contribution in [0, 0.1) is 0 Å². The van der Waals surface area contributed by atoms with Gasteiger partial charge >= 0.3 is 0 Å². The average molecular weight is 209 g/mol. The fourth-order valence-corrected chi connectivity index (χ4v) is 1.85. The monoisotopic (exact) mass is 209 g/mol. The number of alkyl halides is 1. The number of pyridine rings is 1. The minimum atomic E-state index is -0.606. The highest BCUT2D eigenvalue weighted by Gasteiger charge is 2.17. The third kappa shape index (κ3) is 2.89. The van der Waals surface area contributed by atoms with Crippen molar-refractivity contribution in [2.45, 2.75) is 25.6 Å². The van der Waals surface area contributed by atoms with E-state index in [2.05, 4.69) is 9.88 Å². The summed E-state index contributed by atoms with van der Waals surface area (Å²) in [7, 11) is 0. The molecule has 0 amide bonds. The van der Waals surface area contributed by atoms with Crippen LogP contribution in [0.3, 0.4) is 0 Å². The first kappa shape index (κ1) is 10.4. The molecule has 0 bridgehead atoms. The molecule has 15 heavy (non-hydrogen) atoms. The van der Waals surface area contributed by atoms with E-state index in [9.17, 15) is 4.39 Å². The second-order valence-corrected chi connectivity index (χ2v) is 4.04. The summed E-state index contributed by atoms with van der Waals surface area (Å²) in [6.07, 6.45) is 2.49. The SMILES string of the molecule is Nc1ccc(CN2CCC(F)CC2)cn1. The van der Waals surface area contributed by atoms with Crippen molar-refractivity contribution >= 4 is 5.82 Å². The van der Waals surface area contributed by atoms with Gasteiger partial charge in [0.15, 0.2) is 0 Å². The summed E-state index contributed by atoms with van der Waals surface area (Å²) in [6, 6.07) is 3.78. The van der Waals surface area contributed by atoms with Crippen LogP contribution in [-0.4, -0.2) is 29.1 Å². The third-order valence-corrected chi connectivity index (χ3v) is 2.77. The number of nitrogens with zero attached hydrogens (tertiary/aromatic N) is 2. The standard InChI is InChI=1S/C11H16FN3/c12-10-3-5-15(6-4-10)8-9-1-2-11(13)14-7-9/h1-2,7,10H,3-6,8H2,(H2,13,14). The molecule has 1 fully saturated rings. The quantitative estimate of drug-likeness (QED) is 0.804. The van der Waals surface area contributed by atoms with Crippen LogP contribution in [0.4, 0.5) is 10.2 Å². The lowest BCUT2D eigenvalue weighted by molar-refractivity contribution is 0.145. The van der Waals surface area contributed by atoms with E-state index >= 15 is 0 Å². The molecule has 2 rings (SSSR count). The summed E-state index contributed by atoms with van der Waals surface area (Å²) in [6.45, 7) is 2.52. The smallest absolute Gasteiger partial charge is 0.123 e. The Bertz CT molecular complexity index is 304. The fraction of sp³-hybridized carbons (Fsp3) is 0.545. The van der Waals surface area contributed by atoms with Crippen LogP contribution in [0.5, 0.6) is 0 Å². The molecule has 1 aromatic rings. The first-order valence-electron chi connectivity index (χ1n) is 5.31. The van der Waals surface area contributed by atoms with E-state index in [-0.39, 0.29) is 0 Å². The molecule has 0 unspecified atom stereocenters. The summed E-state index contributed by atoms with van der Waals surface area (Å²) in [5.41, 5.74) is 6.64. The number of aromatic nitrogens is 1. The van der Waals surface area contributed by atoms with E-state index in [1.165, 1.54) is 0 Å². The second kappa shape index (κ2) is 4.57. The second-order valence-electron chi connectivity index (χ2n) is 4.04. The van der Waals surface area contributed by atoms with Crippen LogP contribution in [-0.2, 0) is 6.54 Å². The minimum Gasteiger partial charge on any atom is -0.384 e. The number of nitrogens with two attached hydrogens (primary N) is 1. The average Bonchev–Trinajstić information content (AvgIpc) is 2.25. The third-order valence-electron chi connectivity index (χ3n) is 2.77. The van der Waals surface area contributed by atoms with Gasteiger partial charge in [0.2, 0.25) is 0 Å². The van der Waals surface area contributed by atoms with Crippen molar-refractivity contribution in [3.8, 4) is 0 Å². The lowest BCUT2D eigenvalue weighted by Gasteiger charge is -2.28. The maximum Gasteiger partial charge on any atom is 0.123 e. The van der Waals surface area contributed by atoms with Gasteiger partial charge in [0.25, 0.3) is 0 Å². The van der Waals surface area contributed by atoms with E-state index < -0.39 is 6.17 Å². The van der Waals surface area contributed by atoms with Gasteiger partial charge in [-0.2, -0.15) is 0 Å². The van der Waals surface area contributed by atoms with Gasteiger partial charge < -0.3 is 5.73 Å². The first-order chi connectivity index (χ1) is 7.24. The summed E-state index contributed by atoms with van der Waals surface area (Å²) < 4.78 is 12.9. The van der Waals surface area contributed by atoms with Crippen molar-refractivity contribution in [1.29, 1.82) is 0 Å². The number of halogens is 1. The molecule has 1 saturated heterocycles. The number of piperidine rings is 1. The van der Waals surface area contributed by atoms with Crippen LogP contribution in [0.2, 0.25) is 0 Å². The van der Waals surface area contributed by atoms with Crippen LogP contribution in [0.15, 0.2) is 18.3 Å². The normalized spacial score (nSPS) is 19.3. The predicted molar refractivity (Wildman–Crippen MR) is 58.1 cm³/mol. The zero-order valence-corrected chi connectivity index (χ0v) is 8.69. The molecule has 2 heterocycles. The van der Waals surface area contributed by atoms with Crippen molar-refractivity contribution in [3.63, 3.8) is 0 Å². The van der Waals surface area contributed by atoms with E-state index in [0.29, 0.717) is 18.7 Å². The summed E-state index contributed by atoms with van der Waals surface area (Å²) in [5.74, 6) is 0.543. The summed E-state index contributed by atoms with van der Waals surface area (Å²) in [4.78, 5) is 6.29. The number of anilines is 1. The molecule has 0 saturated carbocycles. The number of rotatable bonds is 2. The molecule has 2 N–H and O–H groups in total. The van der Waals surface area contributed by atoms with Crippen LogP contribution in [0.1, 0.15) is 18.4 Å². The van der Waals surface area contributed by atoms with E-state index in [1.54, 1.807) is 12.3 Å². The topological polar surface area (TPSA) is 42.1 Å². The molecule has 0 spiro atoms. The zero-order valence-electron chi connectivity index (χ0n) is 8.69. The van der Waals surface area contributed by atoms with Gasteiger partial charge in [-0.25, -0.2) is 9.37 Å². The minimum absolute atomic E-state index is 0.543. The fourth-order valence-electron chi connectivity index (χ4n) is 1.85. The Morgan fingerprint density at radius 2 is 2.13 bits per heavy atom. The van der Waals surface area contributed by atoms with Gasteiger partial charge in [0.05, 0.1) is 0 Å². The lowest BCUT2D eigenvalue weighted by atomic mass is 10.1. The van der Waals surface area contributed by atoms with Gasteiger partial charge in [-0.3, -0.25) is 4.90 Å². The van der Waals surface area contributed by atoms with Crippen molar-refractivity contribution in [2.24, 2.45) is 0 Å². The maximum atomic E-state index is 12.9. The summed E-state index contributed by atoms with van der Waals surface area (Å²) in [5, 5.41) is 0. The Labute approximate surface area is 89.1 Å². The van der Waals surface area contributed by atoms with E-state index in [0.717, 1.165) is 25.2 Å². The molecule has 1 aromatic heterocycles. The predicted octanol–water partition coefficient (Wildman–Crippen LogP) is 1.60. The van der Waals surface area contributed by atoms with Crippen LogP contribution in [0.25, 0.3) is 0 Å². The first-order valence-corrected chi connectivity index (χ1v) is 5.31. The van der Waals surface area contributed by atoms with Crippen LogP contribution >= 0.6 is 0 Å². The van der Waals surface area contributed by atoms with Crippen molar-refractivity contribution in [1.82, 2.24) is 9.88 Å². The highest BCUT2D eigenvalue weighted by Crippen LogP contribution is 2.15. The van der Waals surface area contributed by atoms with Crippen molar-refractivity contribution in [3.05, 3.63) is 23.9 Å². The number of hydrogen-bond donors (Lipinski definition) is 1. The van der Waals surface area contributed by atoms with Gasteiger partial charge in [-0.15, -0.1) is 0 Å². The summed E-state index contributed by atoms with van der Waals surface area (Å²) >= 11 is 0. The highest BCUT2D eigenvalue weighted by molar-refractivity contribution is 5.29. The molecule has 1 aliphatic rings. The Morgan fingerprint density at radius 3 is 2.73 bits per heavy atom. The Kier molecular flexibility index (Phi) is 3.16. The van der Waals surface area contributed by atoms with E-state index in [1.807, 2.05) is 6.07 Å². The maximum absolute atomic E-state index is 12.9. The van der Waals surface area contributed by atoms with Crippen LogP contribution < -0.4 is 5.73 Å². The molecule has 1 aliphatic heterocycles. The molecular formula is C11H16FN3. The molecule has 0 aromatic carbocycles.